The quantitative estimate of drug-likeness (QED) is 0.520. The number of carbonyl (C=O) groups is 1. The molecule has 3 N–H and O–H groups in total. The van der Waals surface area contributed by atoms with E-state index in [-0.39, 0.29) is 46.1 Å². The van der Waals surface area contributed by atoms with Gasteiger partial charge >= 0.3 is 11.8 Å². The largest absolute Gasteiger partial charge is 0.438 e. The number of H-pyrrole nitrogens is 2. The van der Waals surface area contributed by atoms with E-state index in [2.05, 4.69) is 30.2 Å². The third-order valence-corrected chi connectivity index (χ3v) is 4.75. The van der Waals surface area contributed by atoms with Gasteiger partial charge in [-0.25, -0.2) is 14.7 Å². The van der Waals surface area contributed by atoms with E-state index >= 15 is 0 Å². The van der Waals surface area contributed by atoms with Gasteiger partial charge in [0.1, 0.15) is 5.75 Å². The molecule has 1 amide bonds. The van der Waals surface area contributed by atoms with Gasteiger partial charge in [0, 0.05) is 22.0 Å². The number of hydrogen-bond donors (Lipinski definition) is 3. The van der Waals surface area contributed by atoms with Gasteiger partial charge in [-0.2, -0.15) is 5.10 Å². The van der Waals surface area contributed by atoms with E-state index in [1.54, 1.807) is 6.07 Å². The molecular weight excluding hydrogens is 437 g/mol. The molecule has 12 heteroatoms. The Morgan fingerprint density at radius 2 is 1.93 bits per heavy atom. The molecule has 1 aromatic carbocycles. The molecule has 158 valence electrons. The molecular formula is C18H17Cl2N5O5. The lowest BCUT2D eigenvalue weighted by atomic mass is 10.0. The number of halogens is 2. The highest BCUT2D eigenvalue weighted by molar-refractivity contribution is 6.36. The Kier molecular flexibility index (Phi) is 6.58. The van der Waals surface area contributed by atoms with E-state index in [9.17, 15) is 14.4 Å². The topological polar surface area (TPSA) is 143 Å². The normalized spacial score (nSPS) is 11.0. The minimum atomic E-state index is -0.803. The van der Waals surface area contributed by atoms with Gasteiger partial charge < -0.3 is 10.1 Å². The first-order chi connectivity index (χ1) is 14.2. The summed E-state index contributed by atoms with van der Waals surface area (Å²) in [6, 6.07) is 4.59. The summed E-state index contributed by atoms with van der Waals surface area (Å²) >= 11 is 12.6. The molecule has 3 rings (SSSR count). The van der Waals surface area contributed by atoms with E-state index in [1.807, 2.05) is 13.8 Å². The average molecular weight is 454 g/mol. The van der Waals surface area contributed by atoms with Crippen LogP contribution < -0.4 is 21.4 Å². The molecule has 0 spiro atoms. The summed E-state index contributed by atoms with van der Waals surface area (Å²) in [5, 5.41) is 12.9. The summed E-state index contributed by atoms with van der Waals surface area (Å²) in [5.41, 5.74) is 1.53. The minimum Gasteiger partial charge on any atom is -0.410 e. The lowest BCUT2D eigenvalue weighted by molar-refractivity contribution is 0.199. The van der Waals surface area contributed by atoms with Crippen LogP contribution in [0.2, 0.25) is 10.0 Å². The SMILES string of the molecule is CC(C)c1cc(Cc2c(Cl)cc(OC(=O)NCc3noc(=O)[nH]3)cc2Cl)n[nH]c1=O. The number of nitrogens with one attached hydrogen (secondary N) is 3. The number of ether oxygens (including phenoxy) is 1. The van der Waals surface area contributed by atoms with Gasteiger partial charge in [-0.05, 0) is 29.7 Å². The monoisotopic (exact) mass is 453 g/mol. The van der Waals surface area contributed by atoms with Crippen molar-refractivity contribution in [3.05, 3.63) is 71.8 Å². The number of hydrogen-bond acceptors (Lipinski definition) is 7. The van der Waals surface area contributed by atoms with Gasteiger partial charge in [0.25, 0.3) is 5.56 Å². The molecule has 0 aliphatic heterocycles. The van der Waals surface area contributed by atoms with Gasteiger partial charge in [0.05, 0.1) is 12.2 Å². The lowest BCUT2D eigenvalue weighted by Gasteiger charge is -2.11. The number of carbonyl (C=O) groups excluding carboxylic acids is 1. The van der Waals surface area contributed by atoms with Gasteiger partial charge in [0.15, 0.2) is 5.82 Å². The van der Waals surface area contributed by atoms with Crippen LogP contribution in [0.3, 0.4) is 0 Å². The summed E-state index contributed by atoms with van der Waals surface area (Å²) in [6.07, 6.45) is -0.525. The van der Waals surface area contributed by atoms with Crippen LogP contribution in [0, 0.1) is 0 Å². The molecule has 0 radical (unpaired) electrons. The summed E-state index contributed by atoms with van der Waals surface area (Å²) < 4.78 is 9.47. The van der Waals surface area contributed by atoms with Crippen molar-refractivity contribution in [3.63, 3.8) is 0 Å². The van der Waals surface area contributed by atoms with Crippen LogP contribution in [0.1, 0.15) is 42.4 Å². The van der Waals surface area contributed by atoms with Crippen LogP contribution in [-0.4, -0.2) is 26.4 Å². The van der Waals surface area contributed by atoms with Crippen LogP contribution >= 0.6 is 23.2 Å². The fourth-order valence-electron chi connectivity index (χ4n) is 2.61. The van der Waals surface area contributed by atoms with Crippen LogP contribution in [0.5, 0.6) is 5.75 Å². The van der Waals surface area contributed by atoms with Crippen molar-refractivity contribution in [1.29, 1.82) is 0 Å². The number of nitrogens with zero attached hydrogens (tertiary/aromatic N) is 2. The van der Waals surface area contributed by atoms with Crippen molar-refractivity contribution in [2.24, 2.45) is 0 Å². The predicted molar refractivity (Wildman–Crippen MR) is 108 cm³/mol. The highest BCUT2D eigenvalue weighted by Crippen LogP contribution is 2.32. The van der Waals surface area contributed by atoms with E-state index < -0.39 is 11.8 Å². The van der Waals surface area contributed by atoms with E-state index in [1.165, 1.54) is 12.1 Å². The Balaban J connectivity index is 1.70. The standard InChI is InChI=1S/C18H17Cl2N5O5/c1-8(2)11-3-9(23-24-16(11)26)4-12-13(19)5-10(6-14(12)20)29-17(27)21-7-15-22-18(28)30-25-15/h3,5-6,8H,4,7H2,1-2H3,(H,21,27)(H,24,26)(H,22,25,28). The first-order valence-electron chi connectivity index (χ1n) is 8.80. The van der Waals surface area contributed by atoms with Crippen molar-refractivity contribution >= 4 is 29.3 Å². The molecule has 3 aromatic rings. The van der Waals surface area contributed by atoms with Crippen molar-refractivity contribution in [1.82, 2.24) is 25.7 Å². The maximum absolute atomic E-state index is 11.9. The number of aromatic nitrogens is 4. The third kappa shape index (κ3) is 5.28. The summed E-state index contributed by atoms with van der Waals surface area (Å²) in [5.74, 6) is -0.438. The smallest absolute Gasteiger partial charge is 0.410 e. The molecule has 2 heterocycles. The molecule has 0 saturated carbocycles. The molecule has 0 fully saturated rings. The molecule has 0 saturated heterocycles. The number of aromatic amines is 2. The first-order valence-corrected chi connectivity index (χ1v) is 9.55. The van der Waals surface area contributed by atoms with Crippen LogP contribution in [-0.2, 0) is 13.0 Å². The Morgan fingerprint density at radius 1 is 1.23 bits per heavy atom. The second-order valence-electron chi connectivity index (χ2n) is 6.63. The predicted octanol–water partition coefficient (Wildman–Crippen LogP) is 2.76. The number of rotatable bonds is 6. The van der Waals surface area contributed by atoms with Crippen molar-refractivity contribution in [2.45, 2.75) is 32.7 Å². The fourth-order valence-corrected chi connectivity index (χ4v) is 3.21. The summed E-state index contributed by atoms with van der Waals surface area (Å²) in [4.78, 5) is 36.9. The van der Waals surface area contributed by atoms with E-state index in [4.69, 9.17) is 27.9 Å². The molecule has 0 unspecified atom stereocenters. The van der Waals surface area contributed by atoms with Gasteiger partial charge in [0.2, 0.25) is 0 Å². The van der Waals surface area contributed by atoms with Crippen molar-refractivity contribution in [2.75, 3.05) is 0 Å². The van der Waals surface area contributed by atoms with Crippen LogP contribution in [0.4, 0.5) is 4.79 Å². The zero-order valence-corrected chi connectivity index (χ0v) is 17.4. The fraction of sp³-hybridized carbons (Fsp3) is 0.278. The highest BCUT2D eigenvalue weighted by atomic mass is 35.5. The lowest BCUT2D eigenvalue weighted by Crippen LogP contribution is -2.27. The van der Waals surface area contributed by atoms with E-state index in [0.717, 1.165) is 0 Å². The Labute approximate surface area is 179 Å². The molecule has 30 heavy (non-hydrogen) atoms. The molecule has 0 bridgehead atoms. The van der Waals surface area contributed by atoms with Crippen molar-refractivity contribution in [3.8, 4) is 5.75 Å². The van der Waals surface area contributed by atoms with Crippen molar-refractivity contribution < 1.29 is 14.1 Å². The highest BCUT2D eigenvalue weighted by Gasteiger charge is 2.15. The molecule has 0 atom stereocenters. The zero-order valence-electron chi connectivity index (χ0n) is 15.9. The second kappa shape index (κ2) is 9.14. The summed E-state index contributed by atoms with van der Waals surface area (Å²) in [7, 11) is 0. The third-order valence-electron chi connectivity index (χ3n) is 4.08. The maximum Gasteiger partial charge on any atom is 0.438 e. The molecule has 0 aliphatic carbocycles. The minimum absolute atomic E-state index is 0.0332. The van der Waals surface area contributed by atoms with E-state index in [0.29, 0.717) is 16.8 Å². The Bertz CT molecular complexity index is 1160. The van der Waals surface area contributed by atoms with Gasteiger partial charge in [-0.3, -0.25) is 14.3 Å². The summed E-state index contributed by atoms with van der Waals surface area (Å²) in [6.45, 7) is 3.72. The molecule has 10 nitrogen and oxygen atoms in total. The Morgan fingerprint density at radius 3 is 2.53 bits per heavy atom. The van der Waals surface area contributed by atoms with Crippen LogP contribution in [0.15, 0.2) is 32.3 Å². The second-order valence-corrected chi connectivity index (χ2v) is 7.44. The van der Waals surface area contributed by atoms with Gasteiger partial charge in [-0.15, -0.1) is 0 Å². The Hall–Kier alpha value is -3.11. The molecule has 0 aliphatic rings. The number of benzene rings is 1. The zero-order chi connectivity index (χ0) is 21.8. The molecule has 2 aromatic heterocycles. The first kappa shape index (κ1) is 21.6. The van der Waals surface area contributed by atoms with Crippen LogP contribution in [0.25, 0.3) is 0 Å². The number of amides is 1. The van der Waals surface area contributed by atoms with Gasteiger partial charge in [-0.1, -0.05) is 42.2 Å². The maximum atomic E-state index is 11.9. The average Bonchev–Trinajstić information content (AvgIpc) is 3.09.